The van der Waals surface area contributed by atoms with E-state index in [1.807, 2.05) is 11.8 Å². The lowest BCUT2D eigenvalue weighted by molar-refractivity contribution is -0.143. The zero-order chi connectivity index (χ0) is 40.9. The summed E-state index contributed by atoms with van der Waals surface area (Å²) in [5.74, 6) is -0.658. The zero-order valence-corrected chi connectivity index (χ0v) is 32.0. The summed E-state index contributed by atoms with van der Waals surface area (Å²) in [4.78, 5) is 48.5. The molecule has 5 amide bonds. The maximum Gasteiger partial charge on any atom is 0.416 e. The van der Waals surface area contributed by atoms with Crippen LogP contribution in [0.4, 0.5) is 31.1 Å². The Morgan fingerprint density at radius 3 is 1.93 bits per heavy atom. The molecule has 56 heavy (non-hydrogen) atoms. The highest BCUT2D eigenvalue weighted by molar-refractivity contribution is 8.00. The number of fused-ring (bicyclic) bond motifs is 1. The molecular formula is C36H46F6N6O6S2. The molecule has 0 bridgehead atoms. The number of alkyl halides is 6. The lowest BCUT2D eigenvalue weighted by atomic mass is 10.0. The maximum atomic E-state index is 13.1. The van der Waals surface area contributed by atoms with Gasteiger partial charge in [-0.2, -0.15) is 38.1 Å². The van der Waals surface area contributed by atoms with Crippen LogP contribution in [-0.4, -0.2) is 81.4 Å². The summed E-state index contributed by atoms with van der Waals surface area (Å²) in [6.45, 7) is 0.805. The number of hydrogen-bond acceptors (Lipinski definition) is 7. The molecule has 2 fully saturated rings. The largest absolute Gasteiger partial charge is 0.416 e. The van der Waals surface area contributed by atoms with E-state index < -0.39 is 50.9 Å². The van der Waals surface area contributed by atoms with Gasteiger partial charge in [-0.15, -0.1) is 0 Å². The van der Waals surface area contributed by atoms with Gasteiger partial charge in [0.1, 0.15) is 0 Å². The van der Waals surface area contributed by atoms with Crippen LogP contribution in [0.25, 0.3) is 0 Å². The first kappa shape index (κ1) is 44.7. The van der Waals surface area contributed by atoms with Gasteiger partial charge in [0.25, 0.3) is 11.8 Å². The third kappa shape index (κ3) is 13.9. The second kappa shape index (κ2) is 20.4. The summed E-state index contributed by atoms with van der Waals surface area (Å²) in [5.41, 5.74) is -3.84. The molecule has 0 saturated carbocycles. The molecule has 2 saturated heterocycles. The molecule has 2 aliphatic heterocycles. The second-order valence-electron chi connectivity index (χ2n) is 13.6. The molecule has 3 atom stereocenters. The van der Waals surface area contributed by atoms with E-state index in [-0.39, 0.29) is 60.1 Å². The summed E-state index contributed by atoms with van der Waals surface area (Å²) in [7, 11) is -3.99. The van der Waals surface area contributed by atoms with Crippen LogP contribution in [-0.2, 0) is 27.2 Å². The summed E-state index contributed by atoms with van der Waals surface area (Å²) >= 11 is 1.85. The first-order valence-electron chi connectivity index (χ1n) is 18.3. The van der Waals surface area contributed by atoms with E-state index in [2.05, 4.69) is 31.3 Å². The van der Waals surface area contributed by atoms with Crippen molar-refractivity contribution >= 4 is 45.5 Å². The van der Waals surface area contributed by atoms with Crippen molar-refractivity contribution in [2.45, 2.75) is 98.8 Å². The molecule has 12 nitrogen and oxygen atoms in total. The molecular weight excluding hydrogens is 791 g/mol. The number of carbonyl (C=O) groups excluding carboxylic acids is 4. The Morgan fingerprint density at radius 1 is 0.714 bits per heavy atom. The normalized spacial score (nSPS) is 18.2. The Hall–Kier alpha value is -4.04. The number of hydrogen-bond donors (Lipinski definition) is 6. The van der Waals surface area contributed by atoms with E-state index in [1.54, 1.807) is 0 Å². The first-order chi connectivity index (χ1) is 26.4. The highest BCUT2D eigenvalue weighted by Crippen LogP contribution is 2.36. The molecule has 0 radical (unpaired) electrons. The minimum atomic E-state index is -5.08. The van der Waals surface area contributed by atoms with Crippen LogP contribution in [0.1, 0.15) is 96.1 Å². The number of thioether (sulfide) groups is 1. The molecule has 20 heteroatoms. The van der Waals surface area contributed by atoms with Crippen LogP contribution in [0, 0.1) is 0 Å². The molecule has 0 aliphatic carbocycles. The molecule has 2 aliphatic rings. The van der Waals surface area contributed by atoms with Crippen molar-refractivity contribution in [3.63, 3.8) is 0 Å². The van der Waals surface area contributed by atoms with Gasteiger partial charge in [-0.25, -0.2) is 17.9 Å². The van der Waals surface area contributed by atoms with Gasteiger partial charge in [0, 0.05) is 54.7 Å². The number of unbranched alkanes of at least 4 members (excludes halogenated alkanes) is 5. The molecule has 3 unspecified atom stereocenters. The molecule has 4 rings (SSSR count). The third-order valence-corrected chi connectivity index (χ3v) is 12.2. The van der Waals surface area contributed by atoms with Crippen LogP contribution in [0.2, 0.25) is 0 Å². The van der Waals surface area contributed by atoms with Gasteiger partial charge in [-0.3, -0.25) is 14.4 Å². The molecule has 6 N–H and O–H groups in total. The quantitative estimate of drug-likeness (QED) is 0.0559. The Bertz CT molecular complexity index is 1760. The number of benzene rings is 2. The summed E-state index contributed by atoms with van der Waals surface area (Å²) in [6, 6.07) is 6.36. The SMILES string of the molecule is O=C(CCCCC1SCC2NC(=O)NC21)NCCCCCNC(=O)c1cccc(S(=O)(=O)NCCCCCNC(=O)c2cc(C(F)(F)F)cc(C(F)(F)F)c2)c1. The van der Waals surface area contributed by atoms with Crippen molar-refractivity contribution in [3.8, 4) is 0 Å². The highest BCUT2D eigenvalue weighted by atomic mass is 32.2. The molecule has 2 aromatic carbocycles. The van der Waals surface area contributed by atoms with Gasteiger partial charge in [-0.05, 0) is 81.3 Å². The van der Waals surface area contributed by atoms with Crippen molar-refractivity contribution in [1.29, 1.82) is 0 Å². The summed E-state index contributed by atoms with van der Waals surface area (Å²) in [6.07, 6.45) is -4.00. The average molecular weight is 837 g/mol. The second-order valence-corrected chi connectivity index (χ2v) is 16.6. The third-order valence-electron chi connectivity index (χ3n) is 9.23. The lowest BCUT2D eigenvalue weighted by Crippen LogP contribution is -2.36. The number of amides is 5. The van der Waals surface area contributed by atoms with E-state index in [0.717, 1.165) is 37.9 Å². The van der Waals surface area contributed by atoms with Gasteiger partial charge >= 0.3 is 18.4 Å². The topological polar surface area (TPSA) is 175 Å². The predicted molar refractivity (Wildman–Crippen MR) is 197 cm³/mol. The number of sulfonamides is 1. The fourth-order valence-electron chi connectivity index (χ4n) is 6.23. The smallest absolute Gasteiger partial charge is 0.356 e. The van der Waals surface area contributed by atoms with E-state index in [1.165, 1.54) is 24.3 Å². The predicted octanol–water partition coefficient (Wildman–Crippen LogP) is 5.34. The molecule has 310 valence electrons. The van der Waals surface area contributed by atoms with Gasteiger partial charge in [0.15, 0.2) is 0 Å². The van der Waals surface area contributed by atoms with E-state index in [0.29, 0.717) is 56.2 Å². The Kier molecular flexibility index (Phi) is 16.3. The van der Waals surface area contributed by atoms with Crippen molar-refractivity contribution in [2.75, 3.05) is 31.9 Å². The van der Waals surface area contributed by atoms with Crippen LogP contribution in [0.15, 0.2) is 47.4 Å². The van der Waals surface area contributed by atoms with Gasteiger partial charge in [-0.1, -0.05) is 18.9 Å². The minimum absolute atomic E-state index is 0.00379. The van der Waals surface area contributed by atoms with E-state index in [4.69, 9.17) is 0 Å². The van der Waals surface area contributed by atoms with Gasteiger partial charge < -0.3 is 26.6 Å². The van der Waals surface area contributed by atoms with E-state index in [9.17, 15) is 53.9 Å². The van der Waals surface area contributed by atoms with E-state index >= 15 is 0 Å². The lowest BCUT2D eigenvalue weighted by Gasteiger charge is -2.16. The Labute approximate surface area is 325 Å². The van der Waals surface area contributed by atoms with Crippen molar-refractivity contribution in [2.24, 2.45) is 0 Å². The number of halogens is 6. The fraction of sp³-hybridized carbons (Fsp3) is 0.556. The summed E-state index contributed by atoms with van der Waals surface area (Å²) in [5, 5.41) is 14.2. The summed E-state index contributed by atoms with van der Waals surface area (Å²) < 4.78 is 106. The van der Waals surface area contributed by atoms with Crippen LogP contribution < -0.4 is 31.3 Å². The first-order valence-corrected chi connectivity index (χ1v) is 20.9. The molecule has 2 heterocycles. The number of nitrogens with one attached hydrogen (secondary N) is 6. The minimum Gasteiger partial charge on any atom is -0.356 e. The van der Waals surface area contributed by atoms with Crippen molar-refractivity contribution in [1.82, 2.24) is 31.3 Å². The Balaban J connectivity index is 1.05. The van der Waals surface area contributed by atoms with Crippen molar-refractivity contribution in [3.05, 3.63) is 64.7 Å². The van der Waals surface area contributed by atoms with Gasteiger partial charge in [0.2, 0.25) is 15.9 Å². The fourth-order valence-corrected chi connectivity index (χ4v) is 8.90. The van der Waals surface area contributed by atoms with Crippen molar-refractivity contribution < 1.29 is 53.9 Å². The maximum absolute atomic E-state index is 13.1. The zero-order valence-electron chi connectivity index (χ0n) is 30.4. The average Bonchev–Trinajstić information content (AvgIpc) is 3.70. The van der Waals surface area contributed by atoms with Crippen LogP contribution in [0.3, 0.4) is 0 Å². The van der Waals surface area contributed by atoms with Crippen LogP contribution >= 0.6 is 11.8 Å². The van der Waals surface area contributed by atoms with Crippen LogP contribution in [0.5, 0.6) is 0 Å². The molecule has 2 aromatic rings. The van der Waals surface area contributed by atoms with Gasteiger partial charge in [0.05, 0.1) is 28.1 Å². The number of rotatable bonds is 21. The number of urea groups is 1. The number of carbonyl (C=O) groups is 4. The Morgan fingerprint density at radius 2 is 1.30 bits per heavy atom. The highest BCUT2D eigenvalue weighted by Gasteiger charge is 2.42. The molecule has 0 spiro atoms. The monoisotopic (exact) mass is 836 g/mol. The molecule has 0 aromatic heterocycles. The standard InChI is InChI=1S/C36H46F6N6O6S2/c37-35(38,39)25-18-24(19-26(21-25)36(40,41)42)33(51)45-16-7-2-8-17-46-56(53,54)27-11-9-10-23(20-27)32(50)44-15-6-1-5-14-43-30(49)13-4-3-12-29-31-28(22-55-29)47-34(52)48-31/h9-11,18-21,28-29,31,46H,1-8,12-17,22H2,(H,43,49)(H,44,50)(H,45,51)(H2,47,48,52).